The summed E-state index contributed by atoms with van der Waals surface area (Å²) in [5.74, 6) is 1.91. The van der Waals surface area contributed by atoms with Gasteiger partial charge in [-0.25, -0.2) is 4.98 Å². The van der Waals surface area contributed by atoms with Crippen LogP contribution in [-0.4, -0.2) is 104 Å². The zero-order chi connectivity index (χ0) is 52.5. The van der Waals surface area contributed by atoms with Crippen molar-refractivity contribution in [3.8, 4) is 11.1 Å². The number of Topliss-reactive ketones (excluding diaryl/α,β-unsaturated/α-hetero) is 1. The summed E-state index contributed by atoms with van der Waals surface area (Å²) in [6.07, 6.45) is 6.82. The first-order valence-electron chi connectivity index (χ1n) is 26.3. The molecule has 0 spiro atoms. The highest BCUT2D eigenvalue weighted by Gasteiger charge is 2.39. The minimum Gasteiger partial charge on any atom is -0.381 e. The van der Waals surface area contributed by atoms with E-state index in [-0.39, 0.29) is 35.6 Å². The summed E-state index contributed by atoms with van der Waals surface area (Å²) in [6, 6.07) is 30.2. The van der Waals surface area contributed by atoms with Crippen molar-refractivity contribution in [2.75, 3.05) is 46.1 Å². The average molecular weight is 1020 g/mol. The average Bonchev–Trinajstić information content (AvgIpc) is 3.94. The molecule has 9 rings (SSSR count). The molecule has 390 valence electrons. The Hall–Kier alpha value is -6.25. The predicted molar refractivity (Wildman–Crippen MR) is 292 cm³/mol. The molecule has 0 saturated carbocycles. The van der Waals surface area contributed by atoms with Crippen molar-refractivity contribution in [3.05, 3.63) is 170 Å². The van der Waals surface area contributed by atoms with Crippen molar-refractivity contribution in [2.24, 2.45) is 13.0 Å². The van der Waals surface area contributed by atoms with Crippen LogP contribution in [0.2, 0.25) is 5.02 Å². The standard InChI is InChI=1S/C30H37ClN4O2.C30H35N3O4/c1-19(2)25-9-6-23(16-26(25)31)7-11-29-32-27-17-24(30-21(4)33-37-22(30)5)8-10-28(27)35(29)18-20(3)34-12-14-36-15-13-34;1-4-27(34)28(23-13-16-37-17-14-23)33(30(36)24-18-21(2)29(35)32(3)19-24)20-25(22-10-6-5-7-11-22)26-12-8-9-15-31-26/h6,8-10,16-17,19-20H,7,11-15,18H2,1-5H3;5-12,15,18-19,23,25,28H,4,13-14,16-17,20H2,1-3H3. The van der Waals surface area contributed by atoms with E-state index in [1.165, 1.54) is 21.2 Å². The highest BCUT2D eigenvalue weighted by atomic mass is 35.5. The Morgan fingerprint density at radius 1 is 0.865 bits per heavy atom. The number of pyridine rings is 2. The smallest absolute Gasteiger partial charge is 0.256 e. The Balaban J connectivity index is 0.000000197. The number of imidazole rings is 1. The molecule has 0 aliphatic carbocycles. The molecule has 13 nitrogen and oxygen atoms in total. The predicted octanol–water partition coefficient (Wildman–Crippen LogP) is 10.7. The van der Waals surface area contributed by atoms with Gasteiger partial charge in [-0.15, -0.1) is 0 Å². The summed E-state index contributed by atoms with van der Waals surface area (Å²) < 4.78 is 20.4. The van der Waals surface area contributed by atoms with Gasteiger partial charge in [0.05, 0.1) is 41.5 Å². The van der Waals surface area contributed by atoms with Crippen LogP contribution < -0.4 is 5.56 Å². The van der Waals surface area contributed by atoms with Gasteiger partial charge in [-0.2, -0.15) is 0 Å². The fourth-order valence-electron chi connectivity index (χ4n) is 10.7. The number of benzene rings is 3. The molecule has 4 aromatic heterocycles. The number of ether oxygens (including phenoxy) is 2. The van der Waals surface area contributed by atoms with Crippen LogP contribution in [0, 0.1) is 26.7 Å². The Kier molecular flexibility index (Phi) is 18.1. The number of ketones is 1. The number of carbonyl (C=O) groups excluding carboxylic acids is 2. The first-order valence-corrected chi connectivity index (χ1v) is 26.7. The lowest BCUT2D eigenvalue weighted by atomic mass is 9.85. The SMILES string of the molecule is CCC(=O)C(C1CCOCC1)N(CC(c1ccccc1)c1ccccn1)C(=O)c1cc(C)c(=O)n(C)c1.Cc1noc(C)c1-c1ccc2c(c1)nc(CCc1ccc(C(C)C)c(Cl)c1)n2CC(C)N1CCOCC1. The summed E-state index contributed by atoms with van der Waals surface area (Å²) in [5.41, 5.74) is 10.3. The highest BCUT2D eigenvalue weighted by Crippen LogP contribution is 2.33. The molecule has 7 aromatic rings. The van der Waals surface area contributed by atoms with Crippen LogP contribution in [0.3, 0.4) is 0 Å². The number of hydrogen-bond acceptors (Lipinski definition) is 10. The van der Waals surface area contributed by atoms with Gasteiger partial charge in [-0.1, -0.05) is 92.1 Å². The topological polar surface area (TPSA) is 138 Å². The number of rotatable bonds is 17. The lowest BCUT2D eigenvalue weighted by Crippen LogP contribution is -2.52. The minimum atomic E-state index is -0.589. The molecule has 6 heterocycles. The Bertz CT molecular complexity index is 2980. The number of aromatic nitrogens is 5. The third kappa shape index (κ3) is 12.6. The maximum atomic E-state index is 14.3. The van der Waals surface area contributed by atoms with Gasteiger partial charge < -0.3 is 28.0 Å². The monoisotopic (exact) mass is 1020 g/mol. The van der Waals surface area contributed by atoms with Crippen molar-refractivity contribution < 1.29 is 23.6 Å². The van der Waals surface area contributed by atoms with Crippen LogP contribution >= 0.6 is 11.6 Å². The van der Waals surface area contributed by atoms with Crippen molar-refractivity contribution >= 4 is 34.3 Å². The van der Waals surface area contributed by atoms with E-state index >= 15 is 0 Å². The third-order valence-corrected chi connectivity index (χ3v) is 15.1. The molecule has 2 fully saturated rings. The van der Waals surface area contributed by atoms with Crippen LogP contribution in [-0.2, 0) is 40.7 Å². The van der Waals surface area contributed by atoms with Crippen molar-refractivity contribution in [2.45, 2.75) is 111 Å². The third-order valence-electron chi connectivity index (χ3n) is 14.8. The van der Waals surface area contributed by atoms with Gasteiger partial charge in [0.2, 0.25) is 0 Å². The molecule has 3 atom stereocenters. The van der Waals surface area contributed by atoms with E-state index in [4.69, 9.17) is 30.6 Å². The number of carbonyl (C=O) groups is 2. The molecule has 0 bridgehead atoms. The lowest BCUT2D eigenvalue weighted by molar-refractivity contribution is -0.126. The number of aryl methyl sites for hydroxylation is 6. The second kappa shape index (κ2) is 24.9. The van der Waals surface area contributed by atoms with E-state index in [0.29, 0.717) is 55.6 Å². The molecule has 0 N–H and O–H groups in total. The van der Waals surface area contributed by atoms with Crippen LogP contribution in [0.5, 0.6) is 0 Å². The highest BCUT2D eigenvalue weighted by molar-refractivity contribution is 6.31. The second-order valence-electron chi connectivity index (χ2n) is 20.3. The number of amides is 1. The van der Waals surface area contributed by atoms with Gasteiger partial charge in [0.25, 0.3) is 11.5 Å². The first kappa shape index (κ1) is 54.0. The van der Waals surface area contributed by atoms with E-state index in [2.05, 4.69) is 76.8 Å². The van der Waals surface area contributed by atoms with Crippen molar-refractivity contribution in [1.82, 2.24) is 34.1 Å². The largest absolute Gasteiger partial charge is 0.381 e. The zero-order valence-electron chi connectivity index (χ0n) is 44.4. The Labute approximate surface area is 440 Å². The number of nitrogens with zero attached hydrogens (tertiary/aromatic N) is 7. The van der Waals surface area contributed by atoms with Gasteiger partial charge >= 0.3 is 0 Å². The number of hydrogen-bond donors (Lipinski definition) is 0. The number of morpholine rings is 1. The molecule has 1 amide bonds. The second-order valence-corrected chi connectivity index (χ2v) is 20.7. The minimum absolute atomic E-state index is 0.000987. The molecule has 2 aliphatic heterocycles. The molecule has 3 unspecified atom stereocenters. The van der Waals surface area contributed by atoms with Crippen molar-refractivity contribution in [1.29, 1.82) is 0 Å². The molecular weight excluding hydrogens is 950 g/mol. The molecule has 0 radical (unpaired) electrons. The van der Waals surface area contributed by atoms with E-state index < -0.39 is 6.04 Å². The molecular formula is C60H72ClN7O6. The maximum absolute atomic E-state index is 14.3. The van der Waals surface area contributed by atoms with Crippen LogP contribution in [0.15, 0.2) is 113 Å². The van der Waals surface area contributed by atoms with Crippen LogP contribution in [0.1, 0.15) is 114 Å². The van der Waals surface area contributed by atoms with Crippen LogP contribution in [0.25, 0.3) is 22.2 Å². The van der Waals surface area contributed by atoms with Gasteiger partial charge in [-0.05, 0) is 117 Å². The lowest BCUT2D eigenvalue weighted by Gasteiger charge is -2.39. The normalized spacial score (nSPS) is 15.6. The Morgan fingerprint density at radius 3 is 2.24 bits per heavy atom. The van der Waals surface area contributed by atoms with Gasteiger partial charge in [-0.3, -0.25) is 24.3 Å². The number of fused-ring (bicyclic) bond motifs is 1. The molecule has 14 heteroatoms. The molecule has 2 aliphatic rings. The zero-order valence-corrected chi connectivity index (χ0v) is 45.1. The summed E-state index contributed by atoms with van der Waals surface area (Å²) in [7, 11) is 1.64. The van der Waals surface area contributed by atoms with Gasteiger partial charge in [0.15, 0.2) is 5.78 Å². The van der Waals surface area contributed by atoms with Gasteiger partial charge in [0, 0.05) is 105 Å². The quantitative estimate of drug-likeness (QED) is 0.0867. The fraction of sp³-hybridized carbons (Fsp3) is 0.433. The first-order chi connectivity index (χ1) is 35.7. The molecule has 2 saturated heterocycles. The van der Waals surface area contributed by atoms with Crippen molar-refractivity contribution in [3.63, 3.8) is 0 Å². The Morgan fingerprint density at radius 2 is 1.59 bits per heavy atom. The van der Waals surface area contributed by atoms with Crippen LogP contribution in [0.4, 0.5) is 0 Å². The summed E-state index contributed by atoms with van der Waals surface area (Å²) in [6.45, 7) is 20.0. The fourth-order valence-corrected chi connectivity index (χ4v) is 11.1. The summed E-state index contributed by atoms with van der Waals surface area (Å²) in [5, 5.41) is 5.00. The summed E-state index contributed by atoms with van der Waals surface area (Å²) in [4.78, 5) is 54.2. The maximum Gasteiger partial charge on any atom is 0.256 e. The van der Waals surface area contributed by atoms with Gasteiger partial charge in [0.1, 0.15) is 11.6 Å². The van der Waals surface area contributed by atoms with E-state index in [0.717, 1.165) is 95.9 Å². The number of halogens is 1. The van der Waals surface area contributed by atoms with E-state index in [1.807, 2.05) is 69.3 Å². The van der Waals surface area contributed by atoms with E-state index in [1.54, 1.807) is 37.3 Å². The van der Waals surface area contributed by atoms with E-state index in [9.17, 15) is 14.4 Å². The summed E-state index contributed by atoms with van der Waals surface area (Å²) >= 11 is 6.60. The molecule has 3 aromatic carbocycles. The molecule has 74 heavy (non-hydrogen) atoms.